The second-order valence-electron chi connectivity index (χ2n) is 2.77. The van der Waals surface area contributed by atoms with Gasteiger partial charge in [-0.2, -0.15) is 0 Å². The van der Waals surface area contributed by atoms with Crippen LogP contribution >= 0.6 is 0 Å². The Morgan fingerprint density at radius 1 is 1.25 bits per heavy atom. The number of rotatable bonds is 4. The van der Waals surface area contributed by atoms with Gasteiger partial charge in [-0.15, -0.1) is 0 Å². The second kappa shape index (κ2) is 4.18. The van der Waals surface area contributed by atoms with Crippen molar-refractivity contribution in [3.63, 3.8) is 0 Å². The SMILES string of the molecule is COC(OC)C1(OC)CCCO1. The minimum Gasteiger partial charge on any atom is -0.351 e. The molecule has 4 heteroatoms. The molecule has 4 nitrogen and oxygen atoms in total. The Morgan fingerprint density at radius 2 is 1.92 bits per heavy atom. The summed E-state index contributed by atoms with van der Waals surface area (Å²) in [5.41, 5.74) is 0. The molecule has 0 aromatic heterocycles. The first kappa shape index (κ1) is 9.92. The predicted octanol–water partition coefficient (Wildman–Crippen LogP) is 0.758. The van der Waals surface area contributed by atoms with Crippen molar-refractivity contribution in [2.75, 3.05) is 27.9 Å². The molecule has 1 heterocycles. The normalized spacial score (nSPS) is 30.0. The van der Waals surface area contributed by atoms with Gasteiger partial charge in [-0.3, -0.25) is 0 Å². The highest BCUT2D eigenvalue weighted by Gasteiger charge is 2.44. The van der Waals surface area contributed by atoms with E-state index in [-0.39, 0.29) is 0 Å². The van der Waals surface area contributed by atoms with E-state index in [1.54, 1.807) is 21.3 Å². The molecule has 0 aromatic rings. The summed E-state index contributed by atoms with van der Waals surface area (Å²) >= 11 is 0. The third-order valence-corrected chi connectivity index (χ3v) is 2.15. The molecule has 0 bridgehead atoms. The molecule has 0 spiro atoms. The topological polar surface area (TPSA) is 36.9 Å². The highest BCUT2D eigenvalue weighted by atomic mass is 16.8. The molecule has 1 saturated heterocycles. The third-order valence-electron chi connectivity index (χ3n) is 2.15. The van der Waals surface area contributed by atoms with Crippen molar-refractivity contribution in [3.8, 4) is 0 Å². The Balaban J connectivity index is 2.63. The van der Waals surface area contributed by atoms with Crippen molar-refractivity contribution >= 4 is 0 Å². The maximum atomic E-state index is 5.46. The fourth-order valence-corrected chi connectivity index (χ4v) is 1.53. The largest absolute Gasteiger partial charge is 0.351 e. The van der Waals surface area contributed by atoms with E-state index in [4.69, 9.17) is 18.9 Å². The van der Waals surface area contributed by atoms with Crippen molar-refractivity contribution in [1.29, 1.82) is 0 Å². The van der Waals surface area contributed by atoms with Crippen LogP contribution in [0.25, 0.3) is 0 Å². The molecule has 12 heavy (non-hydrogen) atoms. The molecular weight excluding hydrogens is 160 g/mol. The molecule has 0 aliphatic carbocycles. The molecule has 0 radical (unpaired) electrons. The van der Waals surface area contributed by atoms with E-state index >= 15 is 0 Å². The van der Waals surface area contributed by atoms with E-state index in [1.165, 1.54) is 0 Å². The van der Waals surface area contributed by atoms with Crippen LogP contribution in [-0.2, 0) is 18.9 Å². The molecule has 1 aliphatic rings. The van der Waals surface area contributed by atoms with Crippen LogP contribution in [0.5, 0.6) is 0 Å². The summed E-state index contributed by atoms with van der Waals surface area (Å²) in [6.07, 6.45) is 1.36. The highest BCUT2D eigenvalue weighted by molar-refractivity contribution is 4.78. The first-order valence-electron chi connectivity index (χ1n) is 4.04. The van der Waals surface area contributed by atoms with Crippen LogP contribution in [0.4, 0.5) is 0 Å². The number of methoxy groups -OCH3 is 3. The quantitative estimate of drug-likeness (QED) is 0.592. The van der Waals surface area contributed by atoms with E-state index in [2.05, 4.69) is 0 Å². The Kier molecular flexibility index (Phi) is 3.46. The van der Waals surface area contributed by atoms with Crippen LogP contribution in [0.2, 0.25) is 0 Å². The molecule has 1 atom stereocenters. The van der Waals surface area contributed by atoms with Crippen LogP contribution in [0.3, 0.4) is 0 Å². The Bertz CT molecular complexity index is 127. The fourth-order valence-electron chi connectivity index (χ4n) is 1.53. The van der Waals surface area contributed by atoms with Crippen molar-refractivity contribution < 1.29 is 18.9 Å². The predicted molar refractivity (Wildman–Crippen MR) is 42.7 cm³/mol. The molecule has 0 amide bonds. The highest BCUT2D eigenvalue weighted by Crippen LogP contribution is 2.31. The monoisotopic (exact) mass is 176 g/mol. The Hall–Kier alpha value is -0.160. The van der Waals surface area contributed by atoms with Crippen molar-refractivity contribution in [2.24, 2.45) is 0 Å². The zero-order valence-electron chi connectivity index (χ0n) is 7.83. The molecule has 1 fully saturated rings. The average molecular weight is 176 g/mol. The van der Waals surface area contributed by atoms with Crippen LogP contribution in [0.15, 0.2) is 0 Å². The van der Waals surface area contributed by atoms with Crippen LogP contribution < -0.4 is 0 Å². The van der Waals surface area contributed by atoms with Crippen molar-refractivity contribution in [1.82, 2.24) is 0 Å². The van der Waals surface area contributed by atoms with Gasteiger partial charge in [0.05, 0.1) is 6.61 Å². The lowest BCUT2D eigenvalue weighted by Crippen LogP contribution is -2.45. The van der Waals surface area contributed by atoms with Gasteiger partial charge in [0.1, 0.15) is 0 Å². The summed E-state index contributed by atoms with van der Waals surface area (Å²) in [6.45, 7) is 0.705. The smallest absolute Gasteiger partial charge is 0.220 e. The summed E-state index contributed by atoms with van der Waals surface area (Å²) in [4.78, 5) is 0. The van der Waals surface area contributed by atoms with Crippen molar-refractivity contribution in [3.05, 3.63) is 0 Å². The summed E-state index contributed by atoms with van der Waals surface area (Å²) < 4.78 is 20.9. The summed E-state index contributed by atoms with van der Waals surface area (Å²) in [6, 6.07) is 0. The maximum Gasteiger partial charge on any atom is 0.220 e. The minimum absolute atomic E-state index is 0.440. The van der Waals surface area contributed by atoms with Gasteiger partial charge in [-0.25, -0.2) is 0 Å². The lowest BCUT2D eigenvalue weighted by Gasteiger charge is -2.32. The van der Waals surface area contributed by atoms with Gasteiger partial charge in [-0.05, 0) is 6.42 Å². The molecule has 1 unspecified atom stereocenters. The second-order valence-corrected chi connectivity index (χ2v) is 2.77. The molecule has 0 aromatic carbocycles. The summed E-state index contributed by atoms with van der Waals surface area (Å²) in [5.74, 6) is -0.691. The standard InChI is InChI=1S/C8H16O4/c1-9-7(10-2)8(11-3)5-4-6-12-8/h7H,4-6H2,1-3H3. The minimum atomic E-state index is -0.691. The molecule has 0 N–H and O–H groups in total. The number of hydrogen-bond acceptors (Lipinski definition) is 4. The van der Waals surface area contributed by atoms with E-state index in [0.717, 1.165) is 12.8 Å². The fraction of sp³-hybridized carbons (Fsp3) is 1.00. The van der Waals surface area contributed by atoms with Crippen LogP contribution in [0.1, 0.15) is 12.8 Å². The average Bonchev–Trinajstić information content (AvgIpc) is 2.56. The van der Waals surface area contributed by atoms with Gasteiger partial charge < -0.3 is 18.9 Å². The zero-order chi connectivity index (χ0) is 9.03. The van der Waals surface area contributed by atoms with E-state index in [0.29, 0.717) is 6.61 Å². The van der Waals surface area contributed by atoms with Gasteiger partial charge >= 0.3 is 0 Å². The Labute approximate surface area is 72.7 Å². The summed E-state index contributed by atoms with van der Waals surface area (Å²) in [7, 11) is 4.77. The van der Waals surface area contributed by atoms with E-state index in [9.17, 15) is 0 Å². The van der Waals surface area contributed by atoms with Gasteiger partial charge in [0, 0.05) is 27.8 Å². The van der Waals surface area contributed by atoms with Crippen molar-refractivity contribution in [2.45, 2.75) is 24.9 Å². The lowest BCUT2D eigenvalue weighted by atomic mass is 10.2. The number of hydrogen-bond donors (Lipinski definition) is 0. The first-order chi connectivity index (χ1) is 5.79. The number of ether oxygens (including phenoxy) is 4. The molecule has 72 valence electrons. The first-order valence-corrected chi connectivity index (χ1v) is 4.04. The van der Waals surface area contributed by atoms with Gasteiger partial charge in [0.2, 0.25) is 12.1 Å². The van der Waals surface area contributed by atoms with Crippen LogP contribution in [-0.4, -0.2) is 40.0 Å². The van der Waals surface area contributed by atoms with Gasteiger partial charge in [-0.1, -0.05) is 0 Å². The lowest BCUT2D eigenvalue weighted by molar-refractivity contribution is -0.317. The van der Waals surface area contributed by atoms with E-state index in [1.807, 2.05) is 0 Å². The van der Waals surface area contributed by atoms with Crippen LogP contribution in [0, 0.1) is 0 Å². The Morgan fingerprint density at radius 3 is 2.25 bits per heavy atom. The van der Waals surface area contributed by atoms with Gasteiger partial charge in [0.25, 0.3) is 0 Å². The molecule has 0 saturated carbocycles. The third kappa shape index (κ3) is 1.61. The van der Waals surface area contributed by atoms with Gasteiger partial charge in [0.15, 0.2) is 0 Å². The molecule has 1 aliphatic heterocycles. The zero-order valence-corrected chi connectivity index (χ0v) is 7.83. The molecule has 1 rings (SSSR count). The maximum absolute atomic E-state index is 5.46. The van der Waals surface area contributed by atoms with E-state index < -0.39 is 12.1 Å². The summed E-state index contributed by atoms with van der Waals surface area (Å²) in [5, 5.41) is 0. The molecular formula is C8H16O4.